The van der Waals surface area contributed by atoms with E-state index in [1.165, 1.54) is 18.6 Å². The molecule has 1 rings (SSSR count). The zero-order valence-electron chi connectivity index (χ0n) is 6.18. The number of rotatable bonds is 1. The van der Waals surface area contributed by atoms with Crippen molar-refractivity contribution in [2.24, 2.45) is 5.92 Å². The molecule has 0 saturated carbocycles. The molecule has 1 atom stereocenters. The molecule has 0 bridgehead atoms. The number of hydrogen-bond acceptors (Lipinski definition) is 1. The lowest BCUT2D eigenvalue weighted by Gasteiger charge is -2.17. The van der Waals surface area contributed by atoms with Crippen LogP contribution in [-0.2, 0) is 4.74 Å². The molecular formula is C8H14O. The lowest BCUT2D eigenvalue weighted by Crippen LogP contribution is -2.03. The van der Waals surface area contributed by atoms with Gasteiger partial charge < -0.3 is 4.74 Å². The highest BCUT2D eigenvalue weighted by molar-refractivity contribution is 4.98. The minimum absolute atomic E-state index is 0.824. The lowest BCUT2D eigenvalue weighted by molar-refractivity contribution is 0.248. The second-order valence-electron chi connectivity index (χ2n) is 2.76. The first-order valence-electron chi connectivity index (χ1n) is 3.56. The van der Waals surface area contributed by atoms with Crippen molar-refractivity contribution in [2.45, 2.75) is 26.2 Å². The first kappa shape index (κ1) is 6.66. The van der Waals surface area contributed by atoms with Gasteiger partial charge in [-0.25, -0.2) is 0 Å². The number of ether oxygens (including phenoxy) is 1. The Morgan fingerprint density at radius 1 is 1.67 bits per heavy atom. The van der Waals surface area contributed by atoms with Crippen LogP contribution in [0.3, 0.4) is 0 Å². The van der Waals surface area contributed by atoms with Crippen LogP contribution in [0.25, 0.3) is 0 Å². The van der Waals surface area contributed by atoms with Gasteiger partial charge in [0.05, 0.1) is 12.9 Å². The van der Waals surface area contributed by atoms with Crippen LogP contribution in [-0.4, -0.2) is 7.11 Å². The molecule has 0 saturated heterocycles. The van der Waals surface area contributed by atoms with E-state index in [9.17, 15) is 0 Å². The van der Waals surface area contributed by atoms with Gasteiger partial charge >= 0.3 is 0 Å². The smallest absolute Gasteiger partial charge is 0.0918 e. The third-order valence-corrected chi connectivity index (χ3v) is 1.84. The molecule has 9 heavy (non-hydrogen) atoms. The third kappa shape index (κ3) is 1.74. The summed E-state index contributed by atoms with van der Waals surface area (Å²) in [7, 11) is 1.75. The van der Waals surface area contributed by atoms with E-state index in [-0.39, 0.29) is 0 Å². The quantitative estimate of drug-likeness (QED) is 0.524. The average Bonchev–Trinajstić information content (AvgIpc) is 1.88. The summed E-state index contributed by atoms with van der Waals surface area (Å²) in [6.45, 7) is 2.27. The van der Waals surface area contributed by atoms with Gasteiger partial charge in [0.25, 0.3) is 0 Å². The molecule has 0 aliphatic heterocycles. The minimum Gasteiger partial charge on any atom is -0.501 e. The van der Waals surface area contributed by atoms with Crippen LogP contribution in [0.2, 0.25) is 0 Å². The zero-order chi connectivity index (χ0) is 6.69. The van der Waals surface area contributed by atoms with Gasteiger partial charge in [0.1, 0.15) is 0 Å². The fourth-order valence-corrected chi connectivity index (χ4v) is 1.22. The van der Waals surface area contributed by atoms with Gasteiger partial charge in [0.15, 0.2) is 0 Å². The van der Waals surface area contributed by atoms with E-state index in [1.54, 1.807) is 7.11 Å². The van der Waals surface area contributed by atoms with Gasteiger partial charge in [0.2, 0.25) is 0 Å². The Labute approximate surface area is 56.7 Å². The van der Waals surface area contributed by atoms with Crippen LogP contribution in [0, 0.1) is 5.92 Å². The molecule has 1 nitrogen and oxygen atoms in total. The molecule has 0 heterocycles. The molecule has 52 valence electrons. The van der Waals surface area contributed by atoms with E-state index in [1.807, 2.05) is 0 Å². The SMILES string of the molecule is COC1=CCCC(C)C1. The molecule has 0 N–H and O–H groups in total. The van der Waals surface area contributed by atoms with Crippen LogP contribution in [0.15, 0.2) is 11.8 Å². The highest BCUT2D eigenvalue weighted by Crippen LogP contribution is 2.22. The van der Waals surface area contributed by atoms with Crippen LogP contribution < -0.4 is 0 Å². The van der Waals surface area contributed by atoms with E-state index in [4.69, 9.17) is 4.74 Å². The van der Waals surface area contributed by atoms with Gasteiger partial charge in [0, 0.05) is 6.42 Å². The Morgan fingerprint density at radius 2 is 2.44 bits per heavy atom. The number of hydrogen-bond donors (Lipinski definition) is 0. The molecule has 0 aromatic carbocycles. The Hall–Kier alpha value is -0.460. The summed E-state index contributed by atoms with van der Waals surface area (Å²) < 4.78 is 5.12. The van der Waals surface area contributed by atoms with Crippen molar-refractivity contribution in [3.05, 3.63) is 11.8 Å². The van der Waals surface area contributed by atoms with Crippen LogP contribution in [0.5, 0.6) is 0 Å². The molecule has 0 fully saturated rings. The van der Waals surface area contributed by atoms with Gasteiger partial charge in [-0.1, -0.05) is 6.92 Å². The maximum atomic E-state index is 5.12. The first-order valence-corrected chi connectivity index (χ1v) is 3.56. The molecule has 1 aliphatic carbocycles. The summed E-state index contributed by atoms with van der Waals surface area (Å²) in [5.41, 5.74) is 0. The van der Waals surface area contributed by atoms with E-state index in [0.29, 0.717) is 0 Å². The predicted molar refractivity (Wildman–Crippen MR) is 38.1 cm³/mol. The average molecular weight is 126 g/mol. The Morgan fingerprint density at radius 3 is 2.89 bits per heavy atom. The highest BCUT2D eigenvalue weighted by atomic mass is 16.5. The molecule has 1 aliphatic rings. The molecule has 1 unspecified atom stereocenters. The zero-order valence-corrected chi connectivity index (χ0v) is 6.18. The highest BCUT2D eigenvalue weighted by Gasteiger charge is 2.09. The van der Waals surface area contributed by atoms with E-state index in [0.717, 1.165) is 12.3 Å². The van der Waals surface area contributed by atoms with E-state index >= 15 is 0 Å². The van der Waals surface area contributed by atoms with Crippen molar-refractivity contribution in [3.63, 3.8) is 0 Å². The Balaban J connectivity index is 2.43. The van der Waals surface area contributed by atoms with Crippen molar-refractivity contribution < 1.29 is 4.74 Å². The van der Waals surface area contributed by atoms with Crippen molar-refractivity contribution >= 4 is 0 Å². The second-order valence-corrected chi connectivity index (χ2v) is 2.76. The monoisotopic (exact) mass is 126 g/mol. The standard InChI is InChI=1S/C8H14O/c1-7-4-3-5-8(6-7)9-2/h5,7H,3-4,6H2,1-2H3. The summed E-state index contributed by atoms with van der Waals surface area (Å²) in [6.07, 6.45) is 5.85. The first-order chi connectivity index (χ1) is 4.33. The maximum absolute atomic E-state index is 5.12. The number of allylic oxidation sites excluding steroid dienone is 2. The van der Waals surface area contributed by atoms with Crippen LogP contribution >= 0.6 is 0 Å². The molecule has 0 amide bonds. The summed E-state index contributed by atoms with van der Waals surface area (Å²) in [6, 6.07) is 0. The summed E-state index contributed by atoms with van der Waals surface area (Å²) in [5, 5.41) is 0. The van der Waals surface area contributed by atoms with Crippen molar-refractivity contribution in [3.8, 4) is 0 Å². The van der Waals surface area contributed by atoms with Gasteiger partial charge in [-0.05, 0) is 24.8 Å². The molecule has 0 radical (unpaired) electrons. The molecule has 0 aromatic heterocycles. The predicted octanol–water partition coefficient (Wildman–Crippen LogP) is 2.34. The van der Waals surface area contributed by atoms with E-state index in [2.05, 4.69) is 13.0 Å². The summed E-state index contributed by atoms with van der Waals surface area (Å²) in [4.78, 5) is 0. The van der Waals surface area contributed by atoms with Crippen molar-refractivity contribution in [1.29, 1.82) is 0 Å². The molecule has 0 spiro atoms. The maximum Gasteiger partial charge on any atom is 0.0918 e. The lowest BCUT2D eigenvalue weighted by atomic mass is 9.95. The van der Waals surface area contributed by atoms with Crippen LogP contribution in [0.1, 0.15) is 26.2 Å². The fourth-order valence-electron chi connectivity index (χ4n) is 1.22. The van der Waals surface area contributed by atoms with E-state index < -0.39 is 0 Å². The summed E-state index contributed by atoms with van der Waals surface area (Å²) >= 11 is 0. The normalized spacial score (nSPS) is 27.3. The Kier molecular flexibility index (Phi) is 2.15. The molecule has 1 heteroatoms. The third-order valence-electron chi connectivity index (χ3n) is 1.84. The largest absolute Gasteiger partial charge is 0.501 e. The van der Waals surface area contributed by atoms with Gasteiger partial charge in [-0.3, -0.25) is 0 Å². The topological polar surface area (TPSA) is 9.23 Å². The van der Waals surface area contributed by atoms with Gasteiger partial charge in [-0.2, -0.15) is 0 Å². The van der Waals surface area contributed by atoms with Crippen LogP contribution in [0.4, 0.5) is 0 Å². The van der Waals surface area contributed by atoms with Crippen molar-refractivity contribution in [1.82, 2.24) is 0 Å². The second kappa shape index (κ2) is 2.90. The van der Waals surface area contributed by atoms with Gasteiger partial charge in [-0.15, -0.1) is 0 Å². The number of methoxy groups -OCH3 is 1. The molecule has 0 aromatic rings. The molecular weight excluding hydrogens is 112 g/mol. The Bertz CT molecular complexity index is 116. The minimum atomic E-state index is 0.824. The van der Waals surface area contributed by atoms with Crippen molar-refractivity contribution in [2.75, 3.05) is 7.11 Å². The fraction of sp³-hybridized carbons (Fsp3) is 0.750. The summed E-state index contributed by atoms with van der Waals surface area (Å²) in [5.74, 6) is 2.00.